The molecule has 2 heterocycles. The maximum absolute atomic E-state index is 11.3. The average Bonchev–Trinajstić information content (AvgIpc) is 3.02. The van der Waals surface area contributed by atoms with E-state index >= 15 is 0 Å². The van der Waals surface area contributed by atoms with E-state index in [4.69, 9.17) is 4.74 Å². The molecule has 0 radical (unpaired) electrons. The average molecular weight is 277 g/mol. The molecule has 1 atom stereocenters. The summed E-state index contributed by atoms with van der Waals surface area (Å²) in [5.41, 5.74) is 1.18. The Morgan fingerprint density at radius 3 is 3.00 bits per heavy atom. The van der Waals surface area contributed by atoms with Crippen LogP contribution in [0.25, 0.3) is 0 Å². The number of nitrogens with zero attached hydrogens (tertiary/aromatic N) is 1. The zero-order chi connectivity index (χ0) is 14.1. The third-order valence-electron chi connectivity index (χ3n) is 3.64. The van der Waals surface area contributed by atoms with Gasteiger partial charge in [-0.1, -0.05) is 0 Å². The van der Waals surface area contributed by atoms with Crippen LogP contribution >= 0.6 is 0 Å². The number of amides is 1. The van der Waals surface area contributed by atoms with E-state index in [1.54, 1.807) is 6.07 Å². The van der Waals surface area contributed by atoms with Crippen molar-refractivity contribution in [1.82, 2.24) is 5.32 Å². The predicted octanol–water partition coefficient (Wildman–Crippen LogP) is 1.08. The van der Waals surface area contributed by atoms with Gasteiger partial charge in [0, 0.05) is 30.3 Å². The van der Waals surface area contributed by atoms with Gasteiger partial charge in [0.25, 0.3) is 0 Å². The van der Waals surface area contributed by atoms with Crippen LogP contribution in [-0.4, -0.2) is 30.5 Å². The summed E-state index contributed by atoms with van der Waals surface area (Å²) in [6, 6.07) is 2.98. The third kappa shape index (κ3) is 2.44. The minimum atomic E-state index is -0.467. The standard InChI is InChI=1S/C13H15N3O4/c17-13-4-9-3-11(16(18)19)12(5-10(9)15-13)20-7-8-1-2-14-6-8/h3,5,8,14H,1-2,4,6-7H2,(H,15,17). The summed E-state index contributed by atoms with van der Waals surface area (Å²) < 4.78 is 5.61. The Labute approximate surface area is 115 Å². The Kier molecular flexibility index (Phi) is 3.27. The normalized spacial score (nSPS) is 20.6. The highest BCUT2D eigenvalue weighted by Crippen LogP contribution is 2.36. The van der Waals surface area contributed by atoms with Crippen molar-refractivity contribution < 1.29 is 14.5 Å². The van der Waals surface area contributed by atoms with E-state index in [-0.39, 0.29) is 23.8 Å². The molecule has 1 aromatic rings. The number of ether oxygens (including phenoxy) is 1. The maximum Gasteiger partial charge on any atom is 0.311 e. The van der Waals surface area contributed by atoms with Gasteiger partial charge in [0.05, 0.1) is 18.0 Å². The number of hydrogen-bond donors (Lipinski definition) is 2. The molecule has 1 saturated heterocycles. The van der Waals surface area contributed by atoms with E-state index in [1.807, 2.05) is 0 Å². The summed E-state index contributed by atoms with van der Waals surface area (Å²) in [6.07, 6.45) is 1.19. The van der Waals surface area contributed by atoms with E-state index in [9.17, 15) is 14.9 Å². The van der Waals surface area contributed by atoms with Crippen LogP contribution in [-0.2, 0) is 11.2 Å². The van der Waals surface area contributed by atoms with Crippen molar-refractivity contribution in [3.8, 4) is 5.75 Å². The number of nitro benzene ring substituents is 1. The van der Waals surface area contributed by atoms with E-state index in [0.717, 1.165) is 19.5 Å². The first kappa shape index (κ1) is 12.9. The van der Waals surface area contributed by atoms with Crippen LogP contribution in [0.15, 0.2) is 12.1 Å². The Hall–Kier alpha value is -2.15. The topological polar surface area (TPSA) is 93.5 Å². The van der Waals surface area contributed by atoms with Gasteiger partial charge in [-0.25, -0.2) is 0 Å². The Bertz CT molecular complexity index is 567. The first-order valence-corrected chi connectivity index (χ1v) is 6.58. The highest BCUT2D eigenvalue weighted by Gasteiger charge is 2.26. The van der Waals surface area contributed by atoms with Gasteiger partial charge >= 0.3 is 5.69 Å². The number of rotatable bonds is 4. The maximum atomic E-state index is 11.3. The summed E-state index contributed by atoms with van der Waals surface area (Å²) in [6.45, 7) is 2.27. The third-order valence-corrected chi connectivity index (χ3v) is 3.64. The molecule has 2 aliphatic heterocycles. The van der Waals surface area contributed by atoms with Crippen molar-refractivity contribution in [2.24, 2.45) is 5.92 Å². The van der Waals surface area contributed by atoms with E-state index in [1.165, 1.54) is 6.07 Å². The number of benzene rings is 1. The Balaban J connectivity index is 1.82. The lowest BCUT2D eigenvalue weighted by Gasteiger charge is -2.12. The lowest BCUT2D eigenvalue weighted by atomic mass is 10.1. The summed E-state index contributed by atoms with van der Waals surface area (Å²) in [4.78, 5) is 22.0. The molecule has 0 spiro atoms. The van der Waals surface area contributed by atoms with Gasteiger partial charge in [0.1, 0.15) is 0 Å². The Morgan fingerprint density at radius 2 is 2.30 bits per heavy atom. The lowest BCUT2D eigenvalue weighted by molar-refractivity contribution is -0.385. The smallest absolute Gasteiger partial charge is 0.311 e. The molecule has 0 bridgehead atoms. The molecule has 2 aliphatic rings. The molecule has 0 saturated carbocycles. The molecule has 20 heavy (non-hydrogen) atoms. The van der Waals surface area contributed by atoms with Gasteiger partial charge in [-0.15, -0.1) is 0 Å². The molecule has 1 fully saturated rings. The molecule has 0 aromatic heterocycles. The number of anilines is 1. The van der Waals surface area contributed by atoms with Gasteiger partial charge < -0.3 is 15.4 Å². The molecule has 106 valence electrons. The zero-order valence-corrected chi connectivity index (χ0v) is 10.8. The van der Waals surface area contributed by atoms with E-state index in [2.05, 4.69) is 10.6 Å². The van der Waals surface area contributed by atoms with Crippen LogP contribution in [0.5, 0.6) is 5.75 Å². The second-order valence-corrected chi connectivity index (χ2v) is 5.13. The quantitative estimate of drug-likeness (QED) is 0.634. The molecule has 7 nitrogen and oxygen atoms in total. The second kappa shape index (κ2) is 5.09. The summed E-state index contributed by atoms with van der Waals surface area (Å²) in [5, 5.41) is 17.0. The van der Waals surface area contributed by atoms with Crippen molar-refractivity contribution in [1.29, 1.82) is 0 Å². The number of fused-ring (bicyclic) bond motifs is 1. The van der Waals surface area contributed by atoms with Crippen LogP contribution < -0.4 is 15.4 Å². The zero-order valence-electron chi connectivity index (χ0n) is 10.8. The van der Waals surface area contributed by atoms with Crippen molar-refractivity contribution >= 4 is 17.3 Å². The van der Waals surface area contributed by atoms with Crippen molar-refractivity contribution in [2.45, 2.75) is 12.8 Å². The summed E-state index contributed by atoms with van der Waals surface area (Å²) in [5.74, 6) is 0.451. The van der Waals surface area contributed by atoms with Crippen molar-refractivity contribution in [3.05, 3.63) is 27.8 Å². The van der Waals surface area contributed by atoms with Crippen molar-refractivity contribution in [3.63, 3.8) is 0 Å². The Morgan fingerprint density at radius 1 is 1.45 bits per heavy atom. The monoisotopic (exact) mass is 277 g/mol. The molecular weight excluding hydrogens is 262 g/mol. The number of carbonyl (C=O) groups is 1. The van der Waals surface area contributed by atoms with Gasteiger partial charge in [-0.05, 0) is 18.5 Å². The molecular formula is C13H15N3O4. The highest BCUT2D eigenvalue weighted by molar-refractivity contribution is 5.99. The first-order chi connectivity index (χ1) is 9.63. The van der Waals surface area contributed by atoms with E-state index in [0.29, 0.717) is 23.8 Å². The molecule has 0 aliphatic carbocycles. The second-order valence-electron chi connectivity index (χ2n) is 5.13. The SMILES string of the molecule is O=C1Cc2cc([N+](=O)[O-])c(OCC3CCNC3)cc2N1. The fraction of sp³-hybridized carbons (Fsp3) is 0.462. The van der Waals surface area contributed by atoms with E-state index < -0.39 is 4.92 Å². The van der Waals surface area contributed by atoms with Gasteiger partial charge in [0.15, 0.2) is 5.75 Å². The van der Waals surface area contributed by atoms with Gasteiger partial charge in [-0.2, -0.15) is 0 Å². The molecule has 1 aromatic carbocycles. The predicted molar refractivity (Wildman–Crippen MR) is 71.9 cm³/mol. The van der Waals surface area contributed by atoms with Gasteiger partial charge in [0.2, 0.25) is 5.91 Å². The van der Waals surface area contributed by atoms with Crippen LogP contribution in [0.3, 0.4) is 0 Å². The summed E-state index contributed by atoms with van der Waals surface area (Å²) in [7, 11) is 0. The fourth-order valence-corrected chi connectivity index (χ4v) is 2.56. The van der Waals surface area contributed by atoms with Crippen LogP contribution in [0.4, 0.5) is 11.4 Å². The molecule has 3 rings (SSSR count). The molecule has 2 N–H and O–H groups in total. The largest absolute Gasteiger partial charge is 0.486 e. The number of nitrogens with one attached hydrogen (secondary N) is 2. The highest BCUT2D eigenvalue weighted by atomic mass is 16.6. The minimum Gasteiger partial charge on any atom is -0.486 e. The van der Waals surface area contributed by atoms with Crippen LogP contribution in [0, 0.1) is 16.0 Å². The number of carbonyl (C=O) groups excluding carboxylic acids is 1. The number of hydrogen-bond acceptors (Lipinski definition) is 5. The lowest BCUT2D eigenvalue weighted by Crippen LogP contribution is -2.16. The first-order valence-electron chi connectivity index (χ1n) is 6.58. The minimum absolute atomic E-state index is 0.0776. The summed E-state index contributed by atoms with van der Waals surface area (Å²) >= 11 is 0. The molecule has 7 heteroatoms. The molecule has 1 amide bonds. The van der Waals surface area contributed by atoms with Crippen LogP contribution in [0.1, 0.15) is 12.0 Å². The van der Waals surface area contributed by atoms with Crippen LogP contribution in [0.2, 0.25) is 0 Å². The number of nitro groups is 1. The fourth-order valence-electron chi connectivity index (χ4n) is 2.56. The van der Waals surface area contributed by atoms with Crippen molar-refractivity contribution in [2.75, 3.05) is 25.0 Å². The molecule has 1 unspecified atom stereocenters. The van der Waals surface area contributed by atoms with Gasteiger partial charge in [-0.3, -0.25) is 14.9 Å².